The highest BCUT2D eigenvalue weighted by molar-refractivity contribution is 5.63. The number of hydrogen-bond acceptors (Lipinski definition) is 8. The molecular formula is C36H38N2O6. The van der Waals surface area contributed by atoms with E-state index in [1.54, 1.807) is 27.4 Å². The van der Waals surface area contributed by atoms with E-state index in [0.717, 1.165) is 48.2 Å². The Morgan fingerprint density at radius 3 is 2.45 bits per heavy atom. The number of ether oxygens (including phenoxy) is 5. The van der Waals surface area contributed by atoms with Crippen LogP contribution in [0.4, 0.5) is 0 Å². The number of phenolic OH excluding ortho intramolecular Hbond substituents is 1. The minimum atomic E-state index is -0.00532. The van der Waals surface area contributed by atoms with Crippen molar-refractivity contribution < 1.29 is 28.8 Å². The third-order valence-electron chi connectivity index (χ3n) is 9.17. The van der Waals surface area contributed by atoms with E-state index in [4.69, 9.17) is 23.7 Å². The first-order chi connectivity index (χ1) is 21.4. The Labute approximate surface area is 258 Å². The molecule has 2 N–H and O–H groups in total. The second-order valence-corrected chi connectivity index (χ2v) is 11.8. The van der Waals surface area contributed by atoms with Crippen molar-refractivity contribution in [1.29, 1.82) is 0 Å². The summed E-state index contributed by atoms with van der Waals surface area (Å²) >= 11 is 0. The lowest BCUT2D eigenvalue weighted by atomic mass is 9.87. The second-order valence-electron chi connectivity index (χ2n) is 11.8. The van der Waals surface area contributed by atoms with Crippen LogP contribution in [0.1, 0.15) is 45.5 Å². The molecule has 0 fully saturated rings. The number of methoxy groups -OCH3 is 3. The predicted molar refractivity (Wildman–Crippen MR) is 168 cm³/mol. The Morgan fingerprint density at radius 2 is 1.64 bits per heavy atom. The highest BCUT2D eigenvalue weighted by Crippen LogP contribution is 2.51. The molecule has 3 aliphatic heterocycles. The topological polar surface area (TPSA) is 81.7 Å². The van der Waals surface area contributed by atoms with Gasteiger partial charge in [0.25, 0.3) is 0 Å². The Kier molecular flexibility index (Phi) is 7.48. The Morgan fingerprint density at radius 1 is 0.818 bits per heavy atom. The molecule has 0 aromatic heterocycles. The van der Waals surface area contributed by atoms with E-state index >= 15 is 0 Å². The van der Waals surface area contributed by atoms with Gasteiger partial charge >= 0.3 is 0 Å². The highest BCUT2D eigenvalue weighted by atomic mass is 16.5. The lowest BCUT2D eigenvalue weighted by Crippen LogP contribution is -2.34. The summed E-state index contributed by atoms with van der Waals surface area (Å²) < 4.78 is 31.0. The smallest absolute Gasteiger partial charge is 0.204 e. The Bertz CT molecular complexity index is 1720. The number of rotatable bonds is 3. The summed E-state index contributed by atoms with van der Waals surface area (Å²) in [5.74, 6) is 4.38. The number of likely N-dealkylation sites (N-methyl/N-ethyl adjacent to an activating group) is 1. The van der Waals surface area contributed by atoms with Gasteiger partial charge < -0.3 is 34.1 Å². The molecule has 0 amide bonds. The maximum atomic E-state index is 10.7. The summed E-state index contributed by atoms with van der Waals surface area (Å²) in [5.41, 5.74) is 6.78. The number of aromatic hydroxyl groups is 1. The average molecular weight is 595 g/mol. The molecule has 228 valence electrons. The van der Waals surface area contributed by atoms with Crippen LogP contribution in [-0.4, -0.2) is 51.5 Å². The molecule has 2 unspecified atom stereocenters. The number of hydrogen-bond donors (Lipinski definition) is 2. The number of fused-ring (bicyclic) bond motifs is 5. The normalized spacial score (nSPS) is 19.1. The first-order valence-electron chi connectivity index (χ1n) is 15.1. The zero-order valence-electron chi connectivity index (χ0n) is 25.6. The molecule has 8 nitrogen and oxygen atoms in total. The standard InChI is InChI=1S/C36H38N2O6/c1-38-13-11-24-19-33(41-3)35(42-4)36-34(24)28(38)16-21-6-5-7-25(14-21)43-30-17-22(8-9-29(30)39)15-27-26-20-32(44-36)31(40-2)18-23(26)10-12-37-27/h5-9,14,17-20,27-28,37,39H,10-13,15-16H2,1-4H3. The van der Waals surface area contributed by atoms with Gasteiger partial charge in [-0.2, -0.15) is 0 Å². The third-order valence-corrected chi connectivity index (χ3v) is 9.17. The largest absolute Gasteiger partial charge is 0.504 e. The van der Waals surface area contributed by atoms with Gasteiger partial charge in [-0.15, -0.1) is 0 Å². The van der Waals surface area contributed by atoms with Crippen LogP contribution in [0.15, 0.2) is 60.7 Å². The number of nitrogens with zero attached hydrogens (tertiary/aromatic N) is 1. The Hall–Kier alpha value is -4.40. The highest BCUT2D eigenvalue weighted by Gasteiger charge is 2.34. The lowest BCUT2D eigenvalue weighted by Gasteiger charge is -2.37. The van der Waals surface area contributed by atoms with Crippen LogP contribution in [0.25, 0.3) is 0 Å². The van der Waals surface area contributed by atoms with Crippen LogP contribution in [0.5, 0.6) is 46.0 Å². The lowest BCUT2D eigenvalue weighted by molar-refractivity contribution is 0.221. The van der Waals surface area contributed by atoms with Crippen molar-refractivity contribution in [2.45, 2.75) is 37.8 Å². The summed E-state index contributed by atoms with van der Waals surface area (Å²) in [5, 5.41) is 14.4. The van der Waals surface area contributed by atoms with Gasteiger partial charge in [0.15, 0.2) is 34.5 Å². The van der Waals surface area contributed by atoms with E-state index in [2.05, 4.69) is 47.6 Å². The van der Waals surface area contributed by atoms with E-state index in [1.165, 1.54) is 11.1 Å². The van der Waals surface area contributed by atoms with Gasteiger partial charge in [-0.1, -0.05) is 18.2 Å². The molecule has 0 saturated carbocycles. The molecule has 3 aliphatic rings. The number of phenols is 1. The van der Waals surface area contributed by atoms with Crippen molar-refractivity contribution in [3.63, 3.8) is 0 Å². The predicted octanol–water partition coefficient (Wildman–Crippen LogP) is 6.52. The van der Waals surface area contributed by atoms with Gasteiger partial charge in [0.2, 0.25) is 5.75 Å². The third kappa shape index (κ3) is 5.08. The van der Waals surface area contributed by atoms with E-state index in [9.17, 15) is 5.11 Å². The molecule has 6 bridgehead atoms. The molecule has 7 rings (SSSR count). The number of nitrogens with one attached hydrogen (secondary N) is 1. The van der Waals surface area contributed by atoms with Crippen LogP contribution in [0.2, 0.25) is 0 Å². The molecule has 0 aliphatic carbocycles. The molecule has 0 saturated heterocycles. The molecule has 4 aromatic carbocycles. The molecule has 2 atom stereocenters. The quantitative estimate of drug-likeness (QED) is 0.278. The minimum Gasteiger partial charge on any atom is -0.504 e. The minimum absolute atomic E-state index is 0.00532. The van der Waals surface area contributed by atoms with Gasteiger partial charge in [0.05, 0.1) is 21.3 Å². The molecule has 0 spiro atoms. The molecule has 3 heterocycles. The fourth-order valence-corrected chi connectivity index (χ4v) is 6.90. The van der Waals surface area contributed by atoms with Crippen molar-refractivity contribution in [2.75, 3.05) is 41.5 Å². The van der Waals surface area contributed by atoms with Crippen LogP contribution >= 0.6 is 0 Å². The van der Waals surface area contributed by atoms with Gasteiger partial charge in [0, 0.05) is 24.2 Å². The van der Waals surface area contributed by atoms with Crippen LogP contribution in [0, 0.1) is 0 Å². The van der Waals surface area contributed by atoms with Crippen molar-refractivity contribution in [3.05, 3.63) is 94.0 Å². The first kappa shape index (κ1) is 28.4. The zero-order valence-corrected chi connectivity index (χ0v) is 25.6. The number of benzene rings is 4. The van der Waals surface area contributed by atoms with E-state index in [-0.39, 0.29) is 17.8 Å². The Balaban J connectivity index is 1.47. The van der Waals surface area contributed by atoms with Gasteiger partial charge in [-0.3, -0.25) is 4.90 Å². The summed E-state index contributed by atoms with van der Waals surface area (Å²) in [6.45, 7) is 1.74. The fourth-order valence-electron chi connectivity index (χ4n) is 6.90. The van der Waals surface area contributed by atoms with E-state index in [1.807, 2.05) is 24.3 Å². The molecule has 44 heavy (non-hydrogen) atoms. The fraction of sp³-hybridized carbons (Fsp3) is 0.333. The van der Waals surface area contributed by atoms with Crippen molar-refractivity contribution in [1.82, 2.24) is 10.2 Å². The monoisotopic (exact) mass is 594 g/mol. The summed E-state index contributed by atoms with van der Waals surface area (Å²) in [7, 11) is 7.15. The SMILES string of the molecule is COc1cc2c3cc1Oc1c(OC)c(OC)cc4c1C(Cc1cccc(c1)Oc1cc(ccc1O)CC3NCC2)N(C)CC4. The van der Waals surface area contributed by atoms with Gasteiger partial charge in [-0.25, -0.2) is 0 Å². The summed E-state index contributed by atoms with van der Waals surface area (Å²) in [6.07, 6.45) is 3.16. The van der Waals surface area contributed by atoms with Crippen molar-refractivity contribution in [3.8, 4) is 46.0 Å². The molecular weight excluding hydrogens is 556 g/mol. The molecule has 0 radical (unpaired) electrons. The first-order valence-corrected chi connectivity index (χ1v) is 15.1. The van der Waals surface area contributed by atoms with Crippen LogP contribution < -0.4 is 29.0 Å². The maximum Gasteiger partial charge on any atom is 0.204 e. The van der Waals surface area contributed by atoms with Crippen LogP contribution in [0.3, 0.4) is 0 Å². The van der Waals surface area contributed by atoms with Crippen LogP contribution in [-0.2, 0) is 25.7 Å². The molecule has 8 heteroatoms. The van der Waals surface area contributed by atoms with Gasteiger partial charge in [-0.05, 0) is 110 Å². The van der Waals surface area contributed by atoms with Crippen molar-refractivity contribution >= 4 is 0 Å². The van der Waals surface area contributed by atoms with E-state index < -0.39 is 0 Å². The average Bonchev–Trinajstić information content (AvgIpc) is 3.03. The van der Waals surface area contributed by atoms with E-state index in [0.29, 0.717) is 53.1 Å². The second kappa shape index (κ2) is 11.6. The van der Waals surface area contributed by atoms with Crippen molar-refractivity contribution in [2.24, 2.45) is 0 Å². The molecule has 4 aromatic rings. The summed E-state index contributed by atoms with van der Waals surface area (Å²) in [4.78, 5) is 2.36. The van der Waals surface area contributed by atoms with Gasteiger partial charge in [0.1, 0.15) is 5.75 Å². The maximum absolute atomic E-state index is 10.7. The summed E-state index contributed by atoms with van der Waals surface area (Å²) in [6, 6.07) is 20.0. The zero-order chi connectivity index (χ0) is 30.4.